The first kappa shape index (κ1) is 14.0. The number of hydrogen-bond acceptors (Lipinski definition) is 5. The normalized spacial score (nSPS) is 10.2. The summed E-state index contributed by atoms with van der Waals surface area (Å²) in [6.45, 7) is 0.151. The molecule has 0 fully saturated rings. The average molecular weight is 316 g/mol. The summed E-state index contributed by atoms with van der Waals surface area (Å²) in [5.41, 5.74) is 0. The van der Waals surface area contributed by atoms with E-state index in [1.807, 2.05) is 17.5 Å². The molecule has 0 spiro atoms. The van der Waals surface area contributed by atoms with Crippen molar-refractivity contribution < 1.29 is 14.3 Å². The molecule has 0 aliphatic carbocycles. The van der Waals surface area contributed by atoms with Gasteiger partial charge in [0.15, 0.2) is 6.61 Å². The molecule has 0 atom stereocenters. The summed E-state index contributed by atoms with van der Waals surface area (Å²) in [6, 6.07) is 7.01. The van der Waals surface area contributed by atoms with Gasteiger partial charge in [-0.2, -0.15) is 0 Å². The van der Waals surface area contributed by atoms with Crippen LogP contribution in [0, 0.1) is 0 Å². The molecule has 2 aromatic heterocycles. The molecule has 2 aromatic rings. The molecule has 0 aliphatic heterocycles. The Labute approximate surface area is 123 Å². The van der Waals surface area contributed by atoms with Crippen LogP contribution in [0.15, 0.2) is 29.6 Å². The Bertz CT molecular complexity index is 565. The SMILES string of the molecule is O=C(COC(=O)c1ccc(Cl)s1)NCc1cccs1. The molecular formula is C12H10ClNO3S2. The third kappa shape index (κ3) is 4.34. The molecule has 0 unspecified atom stereocenters. The van der Waals surface area contributed by atoms with Crippen LogP contribution in [0.25, 0.3) is 0 Å². The van der Waals surface area contributed by atoms with E-state index in [0.29, 0.717) is 15.8 Å². The Morgan fingerprint density at radius 3 is 2.79 bits per heavy atom. The van der Waals surface area contributed by atoms with Crippen LogP contribution >= 0.6 is 34.3 Å². The molecule has 0 aromatic carbocycles. The highest BCUT2D eigenvalue weighted by Gasteiger charge is 2.12. The third-order valence-electron chi connectivity index (χ3n) is 2.15. The molecule has 100 valence electrons. The van der Waals surface area contributed by atoms with Crippen molar-refractivity contribution >= 4 is 46.2 Å². The van der Waals surface area contributed by atoms with E-state index in [9.17, 15) is 9.59 Å². The number of nitrogens with one attached hydrogen (secondary N) is 1. The number of amides is 1. The highest BCUT2D eigenvalue weighted by molar-refractivity contribution is 7.17. The van der Waals surface area contributed by atoms with Crippen molar-refractivity contribution in [3.8, 4) is 0 Å². The molecule has 0 bridgehead atoms. The van der Waals surface area contributed by atoms with Crippen molar-refractivity contribution in [2.24, 2.45) is 0 Å². The zero-order chi connectivity index (χ0) is 13.7. The standard InChI is InChI=1S/C12H10ClNO3S2/c13-10-4-3-9(19-10)12(16)17-7-11(15)14-6-8-2-1-5-18-8/h1-5H,6-7H2,(H,14,15). The maximum Gasteiger partial charge on any atom is 0.348 e. The largest absolute Gasteiger partial charge is 0.451 e. The van der Waals surface area contributed by atoms with Crippen LogP contribution in [0.2, 0.25) is 4.34 Å². The van der Waals surface area contributed by atoms with Crippen molar-refractivity contribution in [3.05, 3.63) is 43.7 Å². The lowest BCUT2D eigenvalue weighted by molar-refractivity contribution is -0.124. The maximum atomic E-state index is 11.5. The topological polar surface area (TPSA) is 55.4 Å². The lowest BCUT2D eigenvalue weighted by Gasteiger charge is -2.04. The minimum atomic E-state index is -0.539. The Hall–Kier alpha value is -1.37. The van der Waals surface area contributed by atoms with Gasteiger partial charge in [-0.05, 0) is 23.6 Å². The Morgan fingerprint density at radius 1 is 1.32 bits per heavy atom. The number of halogens is 1. The quantitative estimate of drug-likeness (QED) is 0.863. The molecule has 2 rings (SSSR count). The van der Waals surface area contributed by atoms with Crippen LogP contribution in [0.4, 0.5) is 0 Å². The number of thiophene rings is 2. The van der Waals surface area contributed by atoms with Gasteiger partial charge in [0.2, 0.25) is 0 Å². The second kappa shape index (κ2) is 6.70. The fraction of sp³-hybridized carbons (Fsp3) is 0.167. The van der Waals surface area contributed by atoms with Gasteiger partial charge in [0.25, 0.3) is 5.91 Å². The van der Waals surface area contributed by atoms with Gasteiger partial charge >= 0.3 is 5.97 Å². The third-order valence-corrected chi connectivity index (χ3v) is 4.24. The summed E-state index contributed by atoms with van der Waals surface area (Å²) in [5, 5.41) is 4.60. The molecule has 2 heterocycles. The van der Waals surface area contributed by atoms with E-state index in [1.54, 1.807) is 23.5 Å². The lowest BCUT2D eigenvalue weighted by Crippen LogP contribution is -2.27. The Morgan fingerprint density at radius 2 is 2.16 bits per heavy atom. The van der Waals surface area contributed by atoms with Gasteiger partial charge in [0.05, 0.1) is 10.9 Å². The van der Waals surface area contributed by atoms with E-state index in [2.05, 4.69) is 5.32 Å². The fourth-order valence-corrected chi connectivity index (χ4v) is 2.86. The molecule has 0 aliphatic rings. The van der Waals surface area contributed by atoms with E-state index in [4.69, 9.17) is 16.3 Å². The van der Waals surface area contributed by atoms with E-state index in [-0.39, 0.29) is 12.5 Å². The molecule has 19 heavy (non-hydrogen) atoms. The van der Waals surface area contributed by atoms with Gasteiger partial charge in [-0.3, -0.25) is 4.79 Å². The first-order valence-electron chi connectivity index (χ1n) is 5.36. The van der Waals surface area contributed by atoms with Gasteiger partial charge in [-0.1, -0.05) is 17.7 Å². The van der Waals surface area contributed by atoms with Crippen LogP contribution in [-0.4, -0.2) is 18.5 Å². The smallest absolute Gasteiger partial charge is 0.348 e. The van der Waals surface area contributed by atoms with Gasteiger partial charge < -0.3 is 10.1 Å². The van der Waals surface area contributed by atoms with E-state index in [1.165, 1.54) is 0 Å². The van der Waals surface area contributed by atoms with E-state index >= 15 is 0 Å². The van der Waals surface area contributed by atoms with Crippen LogP contribution in [0.1, 0.15) is 14.5 Å². The van der Waals surface area contributed by atoms with E-state index < -0.39 is 5.97 Å². The number of esters is 1. The molecule has 0 saturated heterocycles. The van der Waals surface area contributed by atoms with Crippen molar-refractivity contribution in [2.45, 2.75) is 6.54 Å². The van der Waals surface area contributed by atoms with Crippen LogP contribution in [0.3, 0.4) is 0 Å². The second-order valence-electron chi connectivity index (χ2n) is 3.54. The second-order valence-corrected chi connectivity index (χ2v) is 6.28. The average Bonchev–Trinajstić information content (AvgIpc) is 3.04. The predicted octanol–water partition coefficient (Wildman–Crippen LogP) is 2.94. The number of ether oxygens (including phenoxy) is 1. The number of carbonyl (C=O) groups is 2. The molecule has 1 N–H and O–H groups in total. The summed E-state index contributed by atoms with van der Waals surface area (Å²) < 4.78 is 5.39. The van der Waals surface area contributed by atoms with Gasteiger partial charge in [0.1, 0.15) is 4.88 Å². The summed E-state index contributed by atoms with van der Waals surface area (Å²) in [4.78, 5) is 24.5. The molecule has 4 nitrogen and oxygen atoms in total. The van der Waals surface area contributed by atoms with Gasteiger partial charge in [0, 0.05) is 4.88 Å². The molecule has 1 amide bonds. The zero-order valence-corrected chi connectivity index (χ0v) is 12.1. The zero-order valence-electron chi connectivity index (χ0n) is 9.72. The number of carbonyl (C=O) groups excluding carboxylic acids is 2. The number of hydrogen-bond donors (Lipinski definition) is 1. The summed E-state index contributed by atoms with van der Waals surface area (Å²) in [5.74, 6) is -0.868. The maximum absolute atomic E-state index is 11.5. The van der Waals surface area contributed by atoms with Gasteiger partial charge in [-0.25, -0.2) is 4.79 Å². The van der Waals surface area contributed by atoms with Crippen molar-refractivity contribution in [2.75, 3.05) is 6.61 Å². The van der Waals surface area contributed by atoms with Gasteiger partial charge in [-0.15, -0.1) is 22.7 Å². The summed E-state index contributed by atoms with van der Waals surface area (Å²) >= 11 is 8.38. The lowest BCUT2D eigenvalue weighted by atomic mass is 10.4. The molecular weight excluding hydrogens is 306 g/mol. The predicted molar refractivity (Wildman–Crippen MR) is 75.8 cm³/mol. The Kier molecular flexibility index (Phi) is 4.95. The summed E-state index contributed by atoms with van der Waals surface area (Å²) in [7, 11) is 0. The first-order valence-corrected chi connectivity index (χ1v) is 7.44. The highest BCUT2D eigenvalue weighted by Crippen LogP contribution is 2.21. The van der Waals surface area contributed by atoms with Crippen LogP contribution in [-0.2, 0) is 16.1 Å². The molecule has 0 radical (unpaired) electrons. The minimum Gasteiger partial charge on any atom is -0.451 e. The first-order chi connectivity index (χ1) is 9.15. The monoisotopic (exact) mass is 315 g/mol. The highest BCUT2D eigenvalue weighted by atomic mass is 35.5. The fourth-order valence-electron chi connectivity index (χ4n) is 1.28. The molecule has 0 saturated carbocycles. The molecule has 7 heteroatoms. The van der Waals surface area contributed by atoms with Crippen LogP contribution in [0.5, 0.6) is 0 Å². The van der Waals surface area contributed by atoms with Crippen molar-refractivity contribution in [3.63, 3.8) is 0 Å². The Balaban J connectivity index is 1.73. The minimum absolute atomic E-state index is 0.292. The van der Waals surface area contributed by atoms with Crippen LogP contribution < -0.4 is 5.32 Å². The van der Waals surface area contributed by atoms with E-state index in [0.717, 1.165) is 16.2 Å². The van der Waals surface area contributed by atoms with Crippen molar-refractivity contribution in [1.29, 1.82) is 0 Å². The summed E-state index contributed by atoms with van der Waals surface area (Å²) in [6.07, 6.45) is 0. The number of rotatable bonds is 5. The van der Waals surface area contributed by atoms with Crippen molar-refractivity contribution in [1.82, 2.24) is 5.32 Å².